The number of para-hydroxylation sites is 2. The summed E-state index contributed by atoms with van der Waals surface area (Å²) < 4.78 is 5.60. The van der Waals surface area contributed by atoms with Crippen LogP contribution >= 0.6 is 0 Å². The molecule has 0 aliphatic rings. The molecule has 3 heteroatoms. The summed E-state index contributed by atoms with van der Waals surface area (Å²) in [4.78, 5) is 4.27. The monoisotopic (exact) mass is 269 g/mol. The van der Waals surface area contributed by atoms with Crippen LogP contribution in [0.25, 0.3) is 0 Å². The minimum absolute atomic E-state index is 0.184. The fourth-order valence-corrected chi connectivity index (χ4v) is 1.70. The molecule has 3 nitrogen and oxygen atoms in total. The second-order valence-corrected chi connectivity index (χ2v) is 4.52. The van der Waals surface area contributed by atoms with Crippen molar-refractivity contribution in [2.75, 3.05) is 6.61 Å². The van der Waals surface area contributed by atoms with Gasteiger partial charge in [-0.1, -0.05) is 25.5 Å². The molecule has 2 aromatic rings. The van der Waals surface area contributed by atoms with Gasteiger partial charge in [0.2, 0.25) is 0 Å². The molecule has 0 amide bonds. The van der Waals surface area contributed by atoms with Gasteiger partial charge in [0.1, 0.15) is 17.2 Å². The molecule has 0 radical (unpaired) electrons. The second kappa shape index (κ2) is 7.34. The lowest BCUT2D eigenvalue weighted by molar-refractivity contribution is 0.309. The molecule has 0 spiro atoms. The van der Waals surface area contributed by atoms with Crippen LogP contribution in [0, 0.1) is 0 Å². The zero-order chi connectivity index (χ0) is 14.2. The van der Waals surface area contributed by atoms with E-state index in [0.717, 1.165) is 30.8 Å². The number of ether oxygens (including phenoxy) is 1. The zero-order valence-corrected chi connectivity index (χ0v) is 11.6. The van der Waals surface area contributed by atoms with E-state index in [-0.39, 0.29) is 5.75 Å². The maximum Gasteiger partial charge on any atom is 0.141 e. The fourth-order valence-electron chi connectivity index (χ4n) is 1.70. The van der Waals surface area contributed by atoms with Crippen LogP contribution < -0.4 is 4.74 Å². The van der Waals surface area contributed by atoms with E-state index in [1.807, 2.05) is 30.3 Å². The molecule has 0 aromatic heterocycles. The van der Waals surface area contributed by atoms with Crippen LogP contribution in [0.3, 0.4) is 0 Å². The summed E-state index contributed by atoms with van der Waals surface area (Å²) in [6.07, 6.45) is 3.92. The molecular weight excluding hydrogens is 250 g/mol. The number of aromatic hydroxyl groups is 1. The van der Waals surface area contributed by atoms with E-state index in [0.29, 0.717) is 5.69 Å². The van der Waals surface area contributed by atoms with Gasteiger partial charge in [-0.3, -0.25) is 4.99 Å². The SMILES string of the molecule is CCCCOc1ccc(C=Nc2ccccc2O)cc1. The third-order valence-electron chi connectivity index (χ3n) is 2.88. The van der Waals surface area contributed by atoms with E-state index < -0.39 is 0 Å². The number of benzene rings is 2. The van der Waals surface area contributed by atoms with Gasteiger partial charge in [-0.05, 0) is 48.4 Å². The number of hydrogen-bond donors (Lipinski definition) is 1. The Morgan fingerprint density at radius 1 is 1.10 bits per heavy atom. The van der Waals surface area contributed by atoms with E-state index in [1.54, 1.807) is 24.4 Å². The second-order valence-electron chi connectivity index (χ2n) is 4.52. The van der Waals surface area contributed by atoms with Crippen molar-refractivity contribution in [2.24, 2.45) is 4.99 Å². The van der Waals surface area contributed by atoms with Crippen LogP contribution in [0.1, 0.15) is 25.3 Å². The van der Waals surface area contributed by atoms with Crippen molar-refractivity contribution in [3.05, 3.63) is 54.1 Å². The van der Waals surface area contributed by atoms with Gasteiger partial charge in [0.15, 0.2) is 0 Å². The lowest BCUT2D eigenvalue weighted by Gasteiger charge is -2.04. The first-order valence-corrected chi connectivity index (χ1v) is 6.84. The molecule has 2 aromatic carbocycles. The van der Waals surface area contributed by atoms with Crippen LogP contribution in [0.4, 0.5) is 5.69 Å². The quantitative estimate of drug-likeness (QED) is 0.626. The van der Waals surface area contributed by atoms with Crippen LogP contribution in [0.15, 0.2) is 53.5 Å². The van der Waals surface area contributed by atoms with Crippen molar-refractivity contribution < 1.29 is 9.84 Å². The Labute approximate surface area is 119 Å². The molecule has 0 aliphatic carbocycles. The van der Waals surface area contributed by atoms with Gasteiger partial charge >= 0.3 is 0 Å². The summed E-state index contributed by atoms with van der Waals surface area (Å²) in [6, 6.07) is 14.8. The Balaban J connectivity index is 1.98. The number of unbranched alkanes of at least 4 members (excludes halogenated alkanes) is 1. The average molecular weight is 269 g/mol. The summed E-state index contributed by atoms with van der Waals surface area (Å²) >= 11 is 0. The molecule has 0 aliphatic heterocycles. The smallest absolute Gasteiger partial charge is 0.141 e. The number of nitrogens with zero attached hydrogens (tertiary/aromatic N) is 1. The first kappa shape index (κ1) is 14.1. The molecule has 0 unspecified atom stereocenters. The molecular formula is C17H19NO2. The normalized spacial score (nSPS) is 10.8. The van der Waals surface area contributed by atoms with Gasteiger partial charge in [0.05, 0.1) is 6.61 Å². The molecule has 0 heterocycles. The minimum atomic E-state index is 0.184. The molecule has 2 rings (SSSR count). The Morgan fingerprint density at radius 2 is 1.85 bits per heavy atom. The van der Waals surface area contributed by atoms with Crippen molar-refractivity contribution in [3.63, 3.8) is 0 Å². The predicted molar refractivity (Wildman–Crippen MR) is 82.2 cm³/mol. The third kappa shape index (κ3) is 4.12. The lowest BCUT2D eigenvalue weighted by Crippen LogP contribution is -1.96. The first-order chi connectivity index (χ1) is 9.79. The topological polar surface area (TPSA) is 41.8 Å². The highest BCUT2D eigenvalue weighted by atomic mass is 16.5. The number of rotatable bonds is 6. The minimum Gasteiger partial charge on any atom is -0.506 e. The van der Waals surface area contributed by atoms with Gasteiger partial charge in [0.25, 0.3) is 0 Å². The summed E-state index contributed by atoms with van der Waals surface area (Å²) in [5, 5.41) is 9.62. The maximum atomic E-state index is 9.62. The Morgan fingerprint density at radius 3 is 2.55 bits per heavy atom. The van der Waals surface area contributed by atoms with Crippen LogP contribution in [-0.4, -0.2) is 17.9 Å². The molecule has 0 atom stereocenters. The number of hydrogen-bond acceptors (Lipinski definition) is 3. The molecule has 0 fully saturated rings. The van der Waals surface area contributed by atoms with Crippen LogP contribution in [-0.2, 0) is 0 Å². The summed E-state index contributed by atoms with van der Waals surface area (Å²) in [5.41, 5.74) is 1.53. The molecule has 104 valence electrons. The molecule has 1 N–H and O–H groups in total. The largest absolute Gasteiger partial charge is 0.506 e. The molecule has 20 heavy (non-hydrogen) atoms. The molecule has 0 saturated heterocycles. The number of phenolic OH excluding ortho intramolecular Hbond substituents is 1. The third-order valence-corrected chi connectivity index (χ3v) is 2.88. The van der Waals surface area contributed by atoms with E-state index in [4.69, 9.17) is 4.74 Å². The van der Waals surface area contributed by atoms with Gasteiger partial charge in [-0.25, -0.2) is 0 Å². The number of aliphatic imine (C=N–C) groups is 1. The van der Waals surface area contributed by atoms with Crippen molar-refractivity contribution in [2.45, 2.75) is 19.8 Å². The standard InChI is InChI=1S/C17H19NO2/c1-2-3-12-20-15-10-8-14(9-11-15)13-18-16-6-4-5-7-17(16)19/h4-11,13,19H,2-3,12H2,1H3. The zero-order valence-electron chi connectivity index (χ0n) is 11.6. The predicted octanol–water partition coefficient (Wildman–Crippen LogP) is 4.32. The van der Waals surface area contributed by atoms with Crippen LogP contribution in [0.5, 0.6) is 11.5 Å². The Kier molecular flexibility index (Phi) is 5.18. The average Bonchev–Trinajstić information content (AvgIpc) is 2.48. The van der Waals surface area contributed by atoms with Crippen molar-refractivity contribution in [1.82, 2.24) is 0 Å². The van der Waals surface area contributed by atoms with Gasteiger partial charge in [-0.2, -0.15) is 0 Å². The lowest BCUT2D eigenvalue weighted by atomic mass is 10.2. The number of phenols is 1. The molecule has 0 bridgehead atoms. The van der Waals surface area contributed by atoms with Crippen molar-refractivity contribution >= 4 is 11.9 Å². The highest BCUT2D eigenvalue weighted by Crippen LogP contribution is 2.24. The van der Waals surface area contributed by atoms with Crippen molar-refractivity contribution in [3.8, 4) is 11.5 Å². The van der Waals surface area contributed by atoms with E-state index in [2.05, 4.69) is 11.9 Å². The van der Waals surface area contributed by atoms with Gasteiger partial charge in [0, 0.05) is 6.21 Å². The Hall–Kier alpha value is -2.29. The van der Waals surface area contributed by atoms with Gasteiger partial charge in [-0.15, -0.1) is 0 Å². The summed E-state index contributed by atoms with van der Waals surface area (Å²) in [5.74, 6) is 1.06. The highest BCUT2D eigenvalue weighted by Gasteiger charge is 1.96. The van der Waals surface area contributed by atoms with Gasteiger partial charge < -0.3 is 9.84 Å². The fraction of sp³-hybridized carbons (Fsp3) is 0.235. The van der Waals surface area contributed by atoms with Crippen LogP contribution in [0.2, 0.25) is 0 Å². The summed E-state index contributed by atoms with van der Waals surface area (Å²) in [7, 11) is 0. The molecule has 0 saturated carbocycles. The summed E-state index contributed by atoms with van der Waals surface area (Å²) in [6.45, 7) is 2.89. The Bertz CT molecular complexity index is 561. The maximum absolute atomic E-state index is 9.62. The van der Waals surface area contributed by atoms with E-state index in [9.17, 15) is 5.11 Å². The van der Waals surface area contributed by atoms with Crippen molar-refractivity contribution in [1.29, 1.82) is 0 Å². The first-order valence-electron chi connectivity index (χ1n) is 6.84. The highest BCUT2D eigenvalue weighted by molar-refractivity contribution is 5.82. The van der Waals surface area contributed by atoms with E-state index >= 15 is 0 Å². The van der Waals surface area contributed by atoms with E-state index in [1.165, 1.54) is 0 Å².